The van der Waals surface area contributed by atoms with Crippen LogP contribution in [0.25, 0.3) is 0 Å². The molecule has 1 heterocycles. The van der Waals surface area contributed by atoms with Gasteiger partial charge in [0.2, 0.25) is 0 Å². The standard InChI is InChI=1S/C14H20ClNO/c1-10(2)14(11-7-8-16-9-11)17-13-5-3-12(15)4-6-13/h3-6,10-11,14,16H,7-9H2,1-2H3/t11-,14-/m0/s1. The van der Waals surface area contributed by atoms with Gasteiger partial charge in [-0.25, -0.2) is 0 Å². The zero-order chi connectivity index (χ0) is 12.3. The van der Waals surface area contributed by atoms with E-state index in [1.54, 1.807) is 0 Å². The molecule has 0 saturated carbocycles. The van der Waals surface area contributed by atoms with Crippen LogP contribution in [0.5, 0.6) is 5.75 Å². The summed E-state index contributed by atoms with van der Waals surface area (Å²) in [6, 6.07) is 7.64. The first-order valence-electron chi connectivity index (χ1n) is 6.30. The van der Waals surface area contributed by atoms with Gasteiger partial charge in [0.05, 0.1) is 0 Å². The lowest BCUT2D eigenvalue weighted by atomic mass is 9.92. The summed E-state index contributed by atoms with van der Waals surface area (Å²) >= 11 is 5.87. The molecular weight excluding hydrogens is 234 g/mol. The van der Waals surface area contributed by atoms with Gasteiger partial charge in [-0.15, -0.1) is 0 Å². The quantitative estimate of drug-likeness (QED) is 0.889. The normalized spacial score (nSPS) is 21.8. The Hall–Kier alpha value is -0.730. The third-order valence-corrected chi connectivity index (χ3v) is 3.56. The minimum absolute atomic E-state index is 0.283. The summed E-state index contributed by atoms with van der Waals surface area (Å²) in [7, 11) is 0. The minimum atomic E-state index is 0.283. The highest BCUT2D eigenvalue weighted by Crippen LogP contribution is 2.25. The first-order valence-corrected chi connectivity index (χ1v) is 6.67. The van der Waals surface area contributed by atoms with Crippen LogP contribution in [0.2, 0.25) is 5.02 Å². The number of hydrogen-bond donors (Lipinski definition) is 1. The van der Waals surface area contributed by atoms with Crippen LogP contribution >= 0.6 is 11.6 Å². The zero-order valence-electron chi connectivity index (χ0n) is 10.4. The van der Waals surface area contributed by atoms with Gasteiger partial charge < -0.3 is 10.1 Å². The Morgan fingerprint density at radius 2 is 2.00 bits per heavy atom. The SMILES string of the molecule is CC(C)[C@H](Oc1ccc(Cl)cc1)[C@H]1CCNC1. The monoisotopic (exact) mass is 253 g/mol. The van der Waals surface area contributed by atoms with E-state index in [0.29, 0.717) is 11.8 Å². The highest BCUT2D eigenvalue weighted by molar-refractivity contribution is 6.30. The molecule has 1 aliphatic rings. The second-order valence-corrected chi connectivity index (χ2v) is 5.47. The van der Waals surface area contributed by atoms with Crippen molar-refractivity contribution in [1.82, 2.24) is 5.32 Å². The van der Waals surface area contributed by atoms with Crippen molar-refractivity contribution in [2.24, 2.45) is 11.8 Å². The molecule has 0 unspecified atom stereocenters. The van der Waals surface area contributed by atoms with Crippen molar-refractivity contribution >= 4 is 11.6 Å². The van der Waals surface area contributed by atoms with Gasteiger partial charge in [0.15, 0.2) is 0 Å². The first kappa shape index (κ1) is 12.7. The first-order chi connectivity index (χ1) is 8.16. The van der Waals surface area contributed by atoms with Gasteiger partial charge in [-0.05, 0) is 43.1 Å². The lowest BCUT2D eigenvalue weighted by Crippen LogP contribution is -2.33. The van der Waals surface area contributed by atoms with E-state index >= 15 is 0 Å². The Bertz CT molecular complexity index is 344. The van der Waals surface area contributed by atoms with Gasteiger partial charge in [-0.3, -0.25) is 0 Å². The molecule has 2 atom stereocenters. The molecule has 0 spiro atoms. The summed E-state index contributed by atoms with van der Waals surface area (Å²) in [5, 5.41) is 4.15. The van der Waals surface area contributed by atoms with E-state index in [1.165, 1.54) is 6.42 Å². The predicted molar refractivity (Wildman–Crippen MR) is 71.7 cm³/mol. The molecule has 2 rings (SSSR count). The highest BCUT2D eigenvalue weighted by atomic mass is 35.5. The van der Waals surface area contributed by atoms with Crippen molar-refractivity contribution in [3.05, 3.63) is 29.3 Å². The van der Waals surface area contributed by atoms with Gasteiger partial charge in [-0.1, -0.05) is 25.4 Å². The topological polar surface area (TPSA) is 21.3 Å². The maximum atomic E-state index is 6.12. The Morgan fingerprint density at radius 3 is 2.53 bits per heavy atom. The molecule has 0 aliphatic carbocycles. The lowest BCUT2D eigenvalue weighted by Gasteiger charge is -2.27. The number of benzene rings is 1. The van der Waals surface area contributed by atoms with Crippen LogP contribution in [0, 0.1) is 11.8 Å². The summed E-state index contributed by atoms with van der Waals surface area (Å²) < 4.78 is 6.12. The van der Waals surface area contributed by atoms with Gasteiger partial charge in [-0.2, -0.15) is 0 Å². The van der Waals surface area contributed by atoms with E-state index in [4.69, 9.17) is 16.3 Å². The van der Waals surface area contributed by atoms with Gasteiger partial charge in [0, 0.05) is 17.5 Å². The third-order valence-electron chi connectivity index (χ3n) is 3.31. The second-order valence-electron chi connectivity index (χ2n) is 5.03. The van der Waals surface area contributed by atoms with Crippen LogP contribution in [0.15, 0.2) is 24.3 Å². The van der Waals surface area contributed by atoms with Crippen LogP contribution in [-0.4, -0.2) is 19.2 Å². The van der Waals surface area contributed by atoms with Crippen molar-refractivity contribution in [2.45, 2.75) is 26.4 Å². The fourth-order valence-electron chi connectivity index (χ4n) is 2.40. The second kappa shape index (κ2) is 5.74. The van der Waals surface area contributed by atoms with Crippen molar-refractivity contribution in [1.29, 1.82) is 0 Å². The van der Waals surface area contributed by atoms with Crippen molar-refractivity contribution in [3.63, 3.8) is 0 Å². The molecule has 2 nitrogen and oxygen atoms in total. The molecular formula is C14H20ClNO. The Labute approximate surface area is 108 Å². The predicted octanol–water partition coefficient (Wildman–Crippen LogP) is 3.35. The zero-order valence-corrected chi connectivity index (χ0v) is 11.2. The van der Waals surface area contributed by atoms with E-state index in [-0.39, 0.29) is 6.10 Å². The van der Waals surface area contributed by atoms with E-state index in [9.17, 15) is 0 Å². The maximum Gasteiger partial charge on any atom is 0.119 e. The van der Waals surface area contributed by atoms with E-state index in [1.807, 2.05) is 24.3 Å². The summed E-state index contributed by atoms with van der Waals surface area (Å²) in [5.41, 5.74) is 0. The number of halogens is 1. The molecule has 1 fully saturated rings. The lowest BCUT2D eigenvalue weighted by molar-refractivity contribution is 0.0973. The van der Waals surface area contributed by atoms with Crippen LogP contribution in [0.4, 0.5) is 0 Å². The molecule has 0 radical (unpaired) electrons. The van der Waals surface area contributed by atoms with Crippen LogP contribution in [-0.2, 0) is 0 Å². The van der Waals surface area contributed by atoms with Gasteiger partial charge in [0.1, 0.15) is 11.9 Å². The minimum Gasteiger partial charge on any atom is -0.490 e. The molecule has 0 bridgehead atoms. The molecule has 1 aromatic carbocycles. The van der Waals surface area contributed by atoms with Crippen LogP contribution < -0.4 is 10.1 Å². The number of hydrogen-bond acceptors (Lipinski definition) is 2. The average molecular weight is 254 g/mol. The molecule has 1 aliphatic heterocycles. The summed E-state index contributed by atoms with van der Waals surface area (Å²) in [4.78, 5) is 0. The average Bonchev–Trinajstić information content (AvgIpc) is 2.81. The van der Waals surface area contributed by atoms with E-state index in [0.717, 1.165) is 23.9 Å². The maximum absolute atomic E-state index is 6.12. The Balaban J connectivity index is 2.04. The molecule has 94 valence electrons. The number of ether oxygens (including phenoxy) is 1. The summed E-state index contributed by atoms with van der Waals surface area (Å²) in [6.07, 6.45) is 1.49. The fourth-order valence-corrected chi connectivity index (χ4v) is 2.53. The molecule has 0 aromatic heterocycles. The van der Waals surface area contributed by atoms with Crippen LogP contribution in [0.1, 0.15) is 20.3 Å². The highest BCUT2D eigenvalue weighted by Gasteiger charge is 2.28. The van der Waals surface area contributed by atoms with Crippen molar-refractivity contribution in [3.8, 4) is 5.75 Å². The Kier molecular flexibility index (Phi) is 4.30. The van der Waals surface area contributed by atoms with E-state index in [2.05, 4.69) is 19.2 Å². The molecule has 0 amide bonds. The smallest absolute Gasteiger partial charge is 0.119 e. The summed E-state index contributed by atoms with van der Waals surface area (Å²) in [6.45, 7) is 6.62. The summed E-state index contributed by atoms with van der Waals surface area (Å²) in [5.74, 6) is 2.06. The van der Waals surface area contributed by atoms with Gasteiger partial charge >= 0.3 is 0 Å². The molecule has 1 N–H and O–H groups in total. The molecule has 1 saturated heterocycles. The Morgan fingerprint density at radius 1 is 1.29 bits per heavy atom. The van der Waals surface area contributed by atoms with Crippen LogP contribution in [0.3, 0.4) is 0 Å². The van der Waals surface area contributed by atoms with Gasteiger partial charge in [0.25, 0.3) is 0 Å². The third kappa shape index (κ3) is 3.36. The van der Waals surface area contributed by atoms with Crippen molar-refractivity contribution < 1.29 is 4.74 Å². The van der Waals surface area contributed by atoms with Crippen molar-refractivity contribution in [2.75, 3.05) is 13.1 Å². The largest absolute Gasteiger partial charge is 0.490 e. The molecule has 1 aromatic rings. The fraction of sp³-hybridized carbons (Fsp3) is 0.571. The van der Waals surface area contributed by atoms with E-state index < -0.39 is 0 Å². The number of nitrogens with one attached hydrogen (secondary N) is 1. The molecule has 3 heteroatoms. The molecule has 17 heavy (non-hydrogen) atoms. The number of rotatable bonds is 4.